The summed E-state index contributed by atoms with van der Waals surface area (Å²) in [5.74, 6) is -0.313. The molecule has 1 aromatic carbocycles. The lowest BCUT2D eigenvalue weighted by atomic mass is 10.1. The van der Waals surface area contributed by atoms with Crippen LogP contribution in [-0.4, -0.2) is 30.0 Å². The molecule has 1 unspecified atom stereocenters. The van der Waals surface area contributed by atoms with E-state index in [0.717, 1.165) is 19.5 Å². The number of nitrogens with zero attached hydrogens (tertiary/aromatic N) is 1. The molecule has 8 heteroatoms. The number of nitrogens with two attached hydrogens (primary N) is 1. The van der Waals surface area contributed by atoms with Crippen LogP contribution in [0.2, 0.25) is 0 Å². The third-order valence-electron chi connectivity index (χ3n) is 2.88. The second kappa shape index (κ2) is 6.35. The molecule has 1 atom stereocenters. The van der Waals surface area contributed by atoms with Gasteiger partial charge >= 0.3 is 0 Å². The zero-order valence-electron chi connectivity index (χ0n) is 10.1. The number of carbonyl (C=O) groups excluding carboxylic acids is 1. The van der Waals surface area contributed by atoms with Crippen LogP contribution in [0.15, 0.2) is 18.2 Å². The highest BCUT2D eigenvalue weighted by molar-refractivity contribution is 5.95. The van der Waals surface area contributed by atoms with Crippen LogP contribution in [0.3, 0.4) is 0 Å². The fourth-order valence-electron chi connectivity index (χ4n) is 1.89. The van der Waals surface area contributed by atoms with E-state index in [-0.39, 0.29) is 41.3 Å². The zero-order chi connectivity index (χ0) is 13.1. The molecule has 0 radical (unpaired) electrons. The van der Waals surface area contributed by atoms with Crippen molar-refractivity contribution in [2.24, 2.45) is 0 Å². The van der Waals surface area contributed by atoms with E-state index in [1.165, 1.54) is 18.2 Å². The van der Waals surface area contributed by atoms with E-state index in [9.17, 15) is 14.9 Å². The first-order chi connectivity index (χ1) is 8.58. The summed E-state index contributed by atoms with van der Waals surface area (Å²) in [6, 6.07) is 4.14. The molecule has 4 N–H and O–H groups in total. The van der Waals surface area contributed by atoms with E-state index in [0.29, 0.717) is 0 Å². The molecule has 0 spiro atoms. The number of nitro groups is 1. The highest BCUT2D eigenvalue weighted by atomic mass is 35.5. The Balaban J connectivity index is 0.00000180. The summed E-state index contributed by atoms with van der Waals surface area (Å²) in [6.07, 6.45) is 0.864. The molecule has 1 aliphatic rings. The van der Waals surface area contributed by atoms with Crippen molar-refractivity contribution >= 4 is 29.7 Å². The standard InChI is InChI=1S/C11H14N4O3.ClH/c12-9-2-1-7(5-10(9)15(17)18)11(16)14-8-3-4-13-6-8;/h1-2,5,8,13H,3-4,6,12H2,(H,14,16);1H. The molecular formula is C11H15ClN4O3. The summed E-state index contributed by atoms with van der Waals surface area (Å²) in [6.45, 7) is 1.59. The third kappa shape index (κ3) is 3.55. The highest BCUT2D eigenvalue weighted by Gasteiger charge is 2.20. The molecule has 0 aliphatic carbocycles. The van der Waals surface area contributed by atoms with E-state index in [4.69, 9.17) is 5.73 Å². The van der Waals surface area contributed by atoms with Crippen LogP contribution >= 0.6 is 12.4 Å². The topological polar surface area (TPSA) is 110 Å². The number of nitrogens with one attached hydrogen (secondary N) is 2. The fraction of sp³-hybridized carbons (Fsp3) is 0.364. The van der Waals surface area contributed by atoms with E-state index >= 15 is 0 Å². The van der Waals surface area contributed by atoms with Gasteiger partial charge in [0.25, 0.3) is 11.6 Å². The van der Waals surface area contributed by atoms with Gasteiger partial charge in [-0.05, 0) is 25.1 Å². The summed E-state index contributed by atoms with van der Waals surface area (Å²) in [7, 11) is 0. The number of hydrogen-bond acceptors (Lipinski definition) is 5. The Morgan fingerprint density at radius 1 is 1.53 bits per heavy atom. The number of nitrogen functional groups attached to an aromatic ring is 1. The second-order valence-corrected chi connectivity index (χ2v) is 4.19. The normalized spacial score (nSPS) is 17.6. The average Bonchev–Trinajstić information content (AvgIpc) is 2.81. The Bertz CT molecular complexity index is 489. The van der Waals surface area contributed by atoms with E-state index < -0.39 is 4.92 Å². The molecule has 1 aliphatic heterocycles. The summed E-state index contributed by atoms with van der Waals surface area (Å²) in [5.41, 5.74) is 5.53. The first-order valence-corrected chi connectivity index (χ1v) is 5.63. The number of halogens is 1. The van der Waals surface area contributed by atoms with Crippen LogP contribution in [0.25, 0.3) is 0 Å². The number of amides is 1. The van der Waals surface area contributed by atoms with Gasteiger partial charge in [-0.2, -0.15) is 0 Å². The van der Waals surface area contributed by atoms with Crippen molar-refractivity contribution in [3.8, 4) is 0 Å². The molecular weight excluding hydrogens is 272 g/mol. The molecule has 104 valence electrons. The predicted octanol–water partition coefficient (Wildman–Crippen LogP) is 0.690. The molecule has 1 saturated heterocycles. The molecule has 1 heterocycles. The van der Waals surface area contributed by atoms with Crippen LogP contribution in [0.1, 0.15) is 16.8 Å². The lowest BCUT2D eigenvalue weighted by Crippen LogP contribution is -2.36. The maximum Gasteiger partial charge on any atom is 0.292 e. The molecule has 7 nitrogen and oxygen atoms in total. The molecule has 0 bridgehead atoms. The fourth-order valence-corrected chi connectivity index (χ4v) is 1.89. The lowest BCUT2D eigenvalue weighted by Gasteiger charge is -2.11. The van der Waals surface area contributed by atoms with Crippen molar-refractivity contribution in [1.29, 1.82) is 0 Å². The Kier molecular flexibility index (Phi) is 5.08. The largest absolute Gasteiger partial charge is 0.393 e. The molecule has 1 fully saturated rings. The number of benzene rings is 1. The third-order valence-corrected chi connectivity index (χ3v) is 2.88. The molecule has 0 saturated carbocycles. The number of carbonyl (C=O) groups is 1. The van der Waals surface area contributed by atoms with E-state index in [1.54, 1.807) is 0 Å². The number of hydrogen-bond donors (Lipinski definition) is 3. The van der Waals surface area contributed by atoms with Gasteiger partial charge in [0.05, 0.1) is 4.92 Å². The van der Waals surface area contributed by atoms with Gasteiger partial charge in [-0.25, -0.2) is 0 Å². The van der Waals surface area contributed by atoms with Crippen molar-refractivity contribution < 1.29 is 9.72 Å². The maximum absolute atomic E-state index is 11.9. The van der Waals surface area contributed by atoms with Crippen molar-refractivity contribution in [2.75, 3.05) is 18.8 Å². The molecule has 19 heavy (non-hydrogen) atoms. The first kappa shape index (κ1) is 15.2. The van der Waals surface area contributed by atoms with Crippen molar-refractivity contribution in [1.82, 2.24) is 10.6 Å². The van der Waals surface area contributed by atoms with Crippen LogP contribution in [0.5, 0.6) is 0 Å². The van der Waals surface area contributed by atoms with Gasteiger partial charge < -0.3 is 16.4 Å². The predicted molar refractivity (Wildman–Crippen MR) is 73.5 cm³/mol. The minimum Gasteiger partial charge on any atom is -0.393 e. The van der Waals surface area contributed by atoms with Gasteiger partial charge in [0.2, 0.25) is 0 Å². The molecule has 1 amide bonds. The van der Waals surface area contributed by atoms with Crippen LogP contribution in [0, 0.1) is 10.1 Å². The van der Waals surface area contributed by atoms with Gasteiger partial charge in [-0.15, -0.1) is 12.4 Å². The number of anilines is 1. The van der Waals surface area contributed by atoms with Crippen LogP contribution in [0.4, 0.5) is 11.4 Å². The van der Waals surface area contributed by atoms with Crippen molar-refractivity contribution in [3.63, 3.8) is 0 Å². The molecule has 0 aromatic heterocycles. The summed E-state index contributed by atoms with van der Waals surface area (Å²) >= 11 is 0. The number of nitro benzene ring substituents is 1. The van der Waals surface area contributed by atoms with Crippen molar-refractivity contribution in [2.45, 2.75) is 12.5 Å². The molecule has 2 rings (SSSR count). The van der Waals surface area contributed by atoms with Crippen LogP contribution in [-0.2, 0) is 0 Å². The lowest BCUT2D eigenvalue weighted by molar-refractivity contribution is -0.383. The van der Waals surface area contributed by atoms with E-state index in [2.05, 4.69) is 10.6 Å². The van der Waals surface area contributed by atoms with Gasteiger partial charge in [0, 0.05) is 24.2 Å². The zero-order valence-corrected chi connectivity index (χ0v) is 10.9. The quantitative estimate of drug-likeness (QED) is 0.430. The second-order valence-electron chi connectivity index (χ2n) is 4.19. The van der Waals surface area contributed by atoms with Crippen LogP contribution < -0.4 is 16.4 Å². The smallest absolute Gasteiger partial charge is 0.292 e. The van der Waals surface area contributed by atoms with Gasteiger partial charge in [-0.3, -0.25) is 14.9 Å². The minimum absolute atomic E-state index is 0. The monoisotopic (exact) mass is 286 g/mol. The average molecular weight is 287 g/mol. The highest BCUT2D eigenvalue weighted by Crippen LogP contribution is 2.22. The molecule has 1 aromatic rings. The number of rotatable bonds is 3. The first-order valence-electron chi connectivity index (χ1n) is 5.63. The van der Waals surface area contributed by atoms with Gasteiger partial charge in [0.1, 0.15) is 5.69 Å². The van der Waals surface area contributed by atoms with Gasteiger partial charge in [0.15, 0.2) is 0 Å². The van der Waals surface area contributed by atoms with Gasteiger partial charge in [-0.1, -0.05) is 0 Å². The summed E-state index contributed by atoms with van der Waals surface area (Å²) < 4.78 is 0. The summed E-state index contributed by atoms with van der Waals surface area (Å²) in [5, 5.41) is 16.7. The minimum atomic E-state index is -0.594. The Morgan fingerprint density at radius 2 is 2.26 bits per heavy atom. The van der Waals surface area contributed by atoms with E-state index in [1.807, 2.05) is 0 Å². The Labute approximate surface area is 116 Å². The Hall–Kier alpha value is -1.86. The maximum atomic E-state index is 11.9. The van der Waals surface area contributed by atoms with Crippen molar-refractivity contribution in [3.05, 3.63) is 33.9 Å². The summed E-state index contributed by atoms with van der Waals surface area (Å²) in [4.78, 5) is 22.0. The Morgan fingerprint density at radius 3 is 2.84 bits per heavy atom. The SMILES string of the molecule is Cl.Nc1ccc(C(=O)NC2CCNC2)cc1[N+](=O)[O-].